The third-order valence-corrected chi connectivity index (χ3v) is 3.61. The average Bonchev–Trinajstić information content (AvgIpc) is 2.25. The molecule has 17 heavy (non-hydrogen) atoms. The summed E-state index contributed by atoms with van der Waals surface area (Å²) in [4.78, 5) is 11.7. The number of nitrogens with one attached hydrogen (secondary N) is 1. The van der Waals surface area contributed by atoms with Crippen molar-refractivity contribution in [3.8, 4) is 0 Å². The molecule has 102 valence electrons. The highest BCUT2D eigenvalue weighted by molar-refractivity contribution is 7.98. The van der Waals surface area contributed by atoms with Gasteiger partial charge in [-0.1, -0.05) is 20.8 Å². The Morgan fingerprint density at radius 3 is 2.47 bits per heavy atom. The third kappa shape index (κ3) is 9.48. The maximum absolute atomic E-state index is 11.7. The standard InChI is InChI=1S/C13H28N2OS/c1-10(2)5-12(7-14)6-13(16)15-8-11(3)9-17-4/h10-12H,5-9,14H2,1-4H3,(H,15,16)/t11?,12-/m0/s1. The van der Waals surface area contributed by atoms with Crippen LogP contribution in [0.2, 0.25) is 0 Å². The van der Waals surface area contributed by atoms with E-state index in [0.29, 0.717) is 30.7 Å². The Labute approximate surface area is 110 Å². The molecule has 0 aromatic heterocycles. The van der Waals surface area contributed by atoms with Crippen LogP contribution in [0.25, 0.3) is 0 Å². The van der Waals surface area contributed by atoms with Crippen molar-refractivity contribution in [1.29, 1.82) is 0 Å². The van der Waals surface area contributed by atoms with Gasteiger partial charge in [0.1, 0.15) is 0 Å². The zero-order valence-corrected chi connectivity index (χ0v) is 12.5. The molecule has 4 heteroatoms. The molecule has 3 nitrogen and oxygen atoms in total. The fourth-order valence-corrected chi connectivity index (χ4v) is 2.58. The van der Waals surface area contributed by atoms with E-state index in [4.69, 9.17) is 5.73 Å². The Morgan fingerprint density at radius 1 is 1.35 bits per heavy atom. The lowest BCUT2D eigenvalue weighted by molar-refractivity contribution is -0.122. The van der Waals surface area contributed by atoms with E-state index in [1.54, 1.807) is 0 Å². The van der Waals surface area contributed by atoms with E-state index in [1.165, 1.54) is 0 Å². The average molecular weight is 260 g/mol. The quantitative estimate of drug-likeness (QED) is 0.667. The lowest BCUT2D eigenvalue weighted by Gasteiger charge is -2.17. The zero-order valence-electron chi connectivity index (χ0n) is 11.7. The largest absolute Gasteiger partial charge is 0.356 e. The van der Waals surface area contributed by atoms with Crippen LogP contribution in [0.3, 0.4) is 0 Å². The van der Waals surface area contributed by atoms with Crippen molar-refractivity contribution in [2.45, 2.75) is 33.6 Å². The first kappa shape index (κ1) is 16.8. The lowest BCUT2D eigenvalue weighted by Crippen LogP contribution is -2.32. The molecule has 0 aromatic rings. The number of hydrogen-bond acceptors (Lipinski definition) is 3. The molecule has 0 fully saturated rings. The minimum Gasteiger partial charge on any atom is -0.356 e. The van der Waals surface area contributed by atoms with Gasteiger partial charge in [-0.2, -0.15) is 11.8 Å². The number of hydrogen-bond donors (Lipinski definition) is 2. The van der Waals surface area contributed by atoms with Gasteiger partial charge < -0.3 is 11.1 Å². The van der Waals surface area contributed by atoms with E-state index >= 15 is 0 Å². The van der Waals surface area contributed by atoms with Crippen molar-refractivity contribution in [3.05, 3.63) is 0 Å². The van der Waals surface area contributed by atoms with Gasteiger partial charge in [-0.3, -0.25) is 4.79 Å². The lowest BCUT2D eigenvalue weighted by atomic mass is 9.94. The second kappa shape index (κ2) is 9.77. The van der Waals surface area contributed by atoms with Gasteiger partial charge in [0, 0.05) is 13.0 Å². The Kier molecular flexibility index (Phi) is 9.65. The summed E-state index contributed by atoms with van der Waals surface area (Å²) in [6.45, 7) is 7.87. The predicted octanol–water partition coefficient (Wildman–Crippen LogP) is 2.11. The summed E-state index contributed by atoms with van der Waals surface area (Å²) in [5.74, 6) is 2.70. The maximum Gasteiger partial charge on any atom is 0.220 e. The van der Waals surface area contributed by atoms with Crippen LogP contribution >= 0.6 is 11.8 Å². The molecule has 0 spiro atoms. The van der Waals surface area contributed by atoms with Crippen molar-refractivity contribution in [3.63, 3.8) is 0 Å². The molecule has 0 heterocycles. The maximum atomic E-state index is 11.7. The van der Waals surface area contributed by atoms with Crippen LogP contribution in [0.15, 0.2) is 0 Å². The van der Waals surface area contributed by atoms with Gasteiger partial charge >= 0.3 is 0 Å². The first-order chi connectivity index (χ1) is 7.99. The molecule has 0 aromatic carbocycles. The van der Waals surface area contributed by atoms with Crippen molar-refractivity contribution >= 4 is 17.7 Å². The molecule has 0 bridgehead atoms. The normalized spacial score (nSPS) is 14.7. The van der Waals surface area contributed by atoms with Gasteiger partial charge in [-0.15, -0.1) is 0 Å². The van der Waals surface area contributed by atoms with Gasteiger partial charge in [0.05, 0.1) is 0 Å². The summed E-state index contributed by atoms with van der Waals surface area (Å²) in [6.07, 6.45) is 3.69. The SMILES string of the molecule is CSCC(C)CNC(=O)C[C@@H](CN)CC(C)C. The highest BCUT2D eigenvalue weighted by Gasteiger charge is 2.14. The number of nitrogens with two attached hydrogens (primary N) is 1. The van der Waals surface area contributed by atoms with Crippen LogP contribution in [0.5, 0.6) is 0 Å². The fourth-order valence-electron chi connectivity index (χ4n) is 1.90. The highest BCUT2D eigenvalue weighted by Crippen LogP contribution is 2.14. The summed E-state index contributed by atoms with van der Waals surface area (Å²) in [5.41, 5.74) is 5.69. The number of carbonyl (C=O) groups is 1. The van der Waals surface area contributed by atoms with E-state index in [0.717, 1.165) is 18.7 Å². The van der Waals surface area contributed by atoms with Gasteiger partial charge in [-0.05, 0) is 42.7 Å². The molecular weight excluding hydrogens is 232 g/mol. The first-order valence-corrected chi connectivity index (χ1v) is 7.84. The molecular formula is C13H28N2OS. The number of amides is 1. The Morgan fingerprint density at radius 2 is 2.00 bits per heavy atom. The van der Waals surface area contributed by atoms with Crippen LogP contribution in [-0.2, 0) is 4.79 Å². The van der Waals surface area contributed by atoms with E-state index in [9.17, 15) is 4.79 Å². The van der Waals surface area contributed by atoms with Gasteiger partial charge in [0.15, 0.2) is 0 Å². The third-order valence-electron chi connectivity index (χ3n) is 2.71. The molecule has 0 rings (SSSR count). The van der Waals surface area contributed by atoms with Crippen molar-refractivity contribution in [1.82, 2.24) is 5.32 Å². The smallest absolute Gasteiger partial charge is 0.220 e. The Balaban J connectivity index is 3.82. The van der Waals surface area contributed by atoms with Crippen LogP contribution in [0.4, 0.5) is 0 Å². The molecule has 1 unspecified atom stereocenters. The number of thioether (sulfide) groups is 1. The van der Waals surface area contributed by atoms with Crippen LogP contribution in [-0.4, -0.2) is 31.0 Å². The summed E-state index contributed by atoms with van der Waals surface area (Å²) >= 11 is 1.82. The summed E-state index contributed by atoms with van der Waals surface area (Å²) in [7, 11) is 0. The molecule has 1 amide bonds. The van der Waals surface area contributed by atoms with Crippen LogP contribution in [0.1, 0.15) is 33.6 Å². The van der Waals surface area contributed by atoms with Gasteiger partial charge in [-0.25, -0.2) is 0 Å². The Hall–Kier alpha value is -0.220. The van der Waals surface area contributed by atoms with Crippen LogP contribution in [0, 0.1) is 17.8 Å². The van der Waals surface area contributed by atoms with E-state index in [2.05, 4.69) is 32.3 Å². The zero-order chi connectivity index (χ0) is 13.3. The Bertz CT molecular complexity index is 210. The number of carbonyl (C=O) groups excluding carboxylic acids is 1. The van der Waals surface area contributed by atoms with E-state index in [-0.39, 0.29) is 5.91 Å². The topological polar surface area (TPSA) is 55.1 Å². The fraction of sp³-hybridized carbons (Fsp3) is 0.923. The van der Waals surface area contributed by atoms with Gasteiger partial charge in [0.25, 0.3) is 0 Å². The summed E-state index contributed by atoms with van der Waals surface area (Å²) in [5, 5.41) is 3.00. The number of rotatable bonds is 9. The highest BCUT2D eigenvalue weighted by atomic mass is 32.2. The summed E-state index contributed by atoms with van der Waals surface area (Å²) in [6, 6.07) is 0. The van der Waals surface area contributed by atoms with Crippen molar-refractivity contribution in [2.24, 2.45) is 23.5 Å². The molecule has 2 atom stereocenters. The molecule has 3 N–H and O–H groups in total. The molecule has 0 saturated heterocycles. The molecule has 0 aliphatic carbocycles. The molecule has 0 radical (unpaired) electrons. The summed E-state index contributed by atoms with van der Waals surface area (Å²) < 4.78 is 0. The van der Waals surface area contributed by atoms with Crippen molar-refractivity contribution < 1.29 is 4.79 Å². The van der Waals surface area contributed by atoms with E-state index in [1.807, 2.05) is 11.8 Å². The van der Waals surface area contributed by atoms with Crippen molar-refractivity contribution in [2.75, 3.05) is 25.1 Å². The monoisotopic (exact) mass is 260 g/mol. The van der Waals surface area contributed by atoms with Crippen LogP contribution < -0.4 is 11.1 Å². The predicted molar refractivity (Wildman–Crippen MR) is 77.2 cm³/mol. The molecule has 0 aliphatic heterocycles. The minimum absolute atomic E-state index is 0.147. The molecule has 0 aliphatic rings. The van der Waals surface area contributed by atoms with E-state index < -0.39 is 0 Å². The second-order valence-corrected chi connectivity index (χ2v) is 6.21. The second-order valence-electron chi connectivity index (χ2n) is 5.30. The molecule has 0 saturated carbocycles. The first-order valence-electron chi connectivity index (χ1n) is 6.45. The minimum atomic E-state index is 0.147. The van der Waals surface area contributed by atoms with Gasteiger partial charge in [0.2, 0.25) is 5.91 Å².